The van der Waals surface area contributed by atoms with E-state index in [0.717, 1.165) is 31.3 Å². The number of nitrogens with one attached hydrogen (secondary N) is 2. The van der Waals surface area contributed by atoms with Gasteiger partial charge < -0.3 is 20.3 Å². The summed E-state index contributed by atoms with van der Waals surface area (Å²) < 4.78 is 5.50. The lowest BCUT2D eigenvalue weighted by Crippen LogP contribution is -2.40. The maximum Gasteiger partial charge on any atom is 0.410 e. The molecule has 31 heavy (non-hydrogen) atoms. The Morgan fingerprint density at radius 3 is 2.52 bits per heavy atom. The molecule has 2 aliphatic rings. The van der Waals surface area contributed by atoms with Gasteiger partial charge in [0.15, 0.2) is 0 Å². The van der Waals surface area contributed by atoms with Crippen LogP contribution in [-0.2, 0) is 9.53 Å². The Morgan fingerprint density at radius 2 is 1.87 bits per heavy atom. The summed E-state index contributed by atoms with van der Waals surface area (Å²) in [5, 5.41) is 6.84. The monoisotopic (exact) mass is 449 g/mol. The van der Waals surface area contributed by atoms with Crippen LogP contribution < -0.4 is 10.6 Å². The van der Waals surface area contributed by atoms with Crippen LogP contribution in [0.1, 0.15) is 65.5 Å². The fourth-order valence-corrected chi connectivity index (χ4v) is 4.12. The molecule has 1 aromatic heterocycles. The van der Waals surface area contributed by atoms with Crippen LogP contribution in [0.4, 0.5) is 10.7 Å². The number of carbonyl (C=O) groups excluding carboxylic acids is 2. The average Bonchev–Trinajstić information content (AvgIpc) is 2.69. The number of aromatic nitrogens is 2. The van der Waals surface area contributed by atoms with Crippen LogP contribution in [0.5, 0.6) is 0 Å². The predicted molar refractivity (Wildman–Crippen MR) is 121 cm³/mol. The van der Waals surface area contributed by atoms with Crippen molar-refractivity contribution >= 4 is 35.1 Å². The molecular weight excluding hydrogens is 418 g/mol. The van der Waals surface area contributed by atoms with Gasteiger partial charge in [0, 0.05) is 25.6 Å². The number of ether oxygens (including phenoxy) is 1. The molecule has 0 radical (unpaired) electrons. The first-order chi connectivity index (χ1) is 14.6. The Bertz CT molecular complexity index is 844. The number of carbonyl (C=O) groups is 2. The van der Waals surface area contributed by atoms with Crippen LogP contribution in [0.15, 0.2) is 12.3 Å². The molecule has 1 aliphatic carbocycles. The zero-order valence-electron chi connectivity index (χ0n) is 18.7. The molecule has 1 aliphatic heterocycles. The molecule has 0 bridgehead atoms. The quantitative estimate of drug-likeness (QED) is 0.720. The lowest BCUT2D eigenvalue weighted by Gasteiger charge is -2.31. The Morgan fingerprint density at radius 1 is 1.19 bits per heavy atom. The van der Waals surface area contributed by atoms with Gasteiger partial charge in [0.05, 0.1) is 23.5 Å². The van der Waals surface area contributed by atoms with Crippen molar-refractivity contribution in [2.24, 2.45) is 0 Å². The van der Waals surface area contributed by atoms with Crippen molar-refractivity contribution in [2.45, 2.75) is 77.5 Å². The minimum atomic E-state index is -0.541. The number of rotatable bonds is 4. The number of nitrogens with zero attached hydrogens (tertiary/aromatic N) is 3. The Labute approximate surface area is 188 Å². The second-order valence-corrected chi connectivity index (χ2v) is 9.61. The van der Waals surface area contributed by atoms with Gasteiger partial charge in [0.1, 0.15) is 5.60 Å². The fraction of sp³-hybridized carbons (Fsp3) is 0.636. The van der Waals surface area contributed by atoms with Gasteiger partial charge >= 0.3 is 6.09 Å². The number of anilines is 1. The second-order valence-electron chi connectivity index (χ2n) is 9.20. The smallest absolute Gasteiger partial charge is 0.410 e. The third kappa shape index (κ3) is 6.82. The number of amides is 2. The highest BCUT2D eigenvalue weighted by molar-refractivity contribution is 6.32. The molecule has 0 spiro atoms. The predicted octanol–water partition coefficient (Wildman–Crippen LogP) is 4.01. The minimum Gasteiger partial charge on any atom is -0.444 e. The first-order valence-corrected chi connectivity index (χ1v) is 11.2. The highest BCUT2D eigenvalue weighted by Crippen LogP contribution is 2.28. The molecule has 2 heterocycles. The molecule has 2 N–H and O–H groups in total. The summed E-state index contributed by atoms with van der Waals surface area (Å²) in [4.78, 5) is 34.4. The molecule has 0 aromatic carbocycles. The molecular formula is C22H32ClN5O3. The first-order valence-electron chi connectivity index (χ1n) is 10.8. The van der Waals surface area contributed by atoms with Gasteiger partial charge in [0.2, 0.25) is 11.9 Å². The average molecular weight is 450 g/mol. The topological polar surface area (TPSA) is 96.5 Å². The molecule has 1 fully saturated rings. The van der Waals surface area contributed by atoms with Crippen molar-refractivity contribution < 1.29 is 14.3 Å². The van der Waals surface area contributed by atoms with E-state index >= 15 is 0 Å². The molecule has 1 aromatic rings. The summed E-state index contributed by atoms with van der Waals surface area (Å²) in [6, 6.07) is 0.487. The van der Waals surface area contributed by atoms with E-state index in [1.807, 2.05) is 20.8 Å². The summed E-state index contributed by atoms with van der Waals surface area (Å²) in [7, 11) is 0. The molecule has 8 nitrogen and oxygen atoms in total. The zero-order chi connectivity index (χ0) is 22.6. The third-order valence-corrected chi connectivity index (χ3v) is 5.60. The van der Waals surface area contributed by atoms with Crippen molar-refractivity contribution in [1.82, 2.24) is 20.2 Å². The highest BCUT2D eigenvalue weighted by Gasteiger charge is 2.27. The van der Waals surface area contributed by atoms with Crippen LogP contribution >= 0.6 is 11.6 Å². The van der Waals surface area contributed by atoms with Crippen LogP contribution in [0, 0.1) is 0 Å². The van der Waals surface area contributed by atoms with Crippen LogP contribution in [-0.4, -0.2) is 57.6 Å². The fourth-order valence-electron chi connectivity index (χ4n) is 3.91. The molecule has 3 rings (SSSR count). The summed E-state index contributed by atoms with van der Waals surface area (Å²) in [6.07, 6.45) is 7.76. The van der Waals surface area contributed by atoms with Crippen molar-refractivity contribution in [3.63, 3.8) is 0 Å². The molecule has 2 amide bonds. The molecule has 0 atom stereocenters. The summed E-state index contributed by atoms with van der Waals surface area (Å²) in [5.41, 5.74) is 0.988. The first kappa shape index (κ1) is 23.3. The van der Waals surface area contributed by atoms with Gasteiger partial charge in [-0.2, -0.15) is 0 Å². The Hall–Kier alpha value is -2.35. The van der Waals surface area contributed by atoms with Crippen molar-refractivity contribution in [3.8, 4) is 0 Å². The van der Waals surface area contributed by atoms with Crippen LogP contribution in [0.25, 0.3) is 5.57 Å². The van der Waals surface area contributed by atoms with E-state index < -0.39 is 5.60 Å². The minimum absolute atomic E-state index is 0.0169. The molecule has 9 heteroatoms. The van der Waals surface area contributed by atoms with Gasteiger partial charge in [-0.25, -0.2) is 14.8 Å². The largest absolute Gasteiger partial charge is 0.444 e. The van der Waals surface area contributed by atoms with Crippen molar-refractivity contribution in [2.75, 3.05) is 18.4 Å². The third-order valence-electron chi connectivity index (χ3n) is 5.32. The highest BCUT2D eigenvalue weighted by atomic mass is 35.5. The zero-order valence-corrected chi connectivity index (χ0v) is 19.5. The summed E-state index contributed by atoms with van der Waals surface area (Å²) in [6.45, 7) is 8.12. The van der Waals surface area contributed by atoms with Gasteiger partial charge in [-0.15, -0.1) is 0 Å². The van der Waals surface area contributed by atoms with Crippen molar-refractivity contribution in [1.29, 1.82) is 0 Å². The maximum atomic E-state index is 12.5. The summed E-state index contributed by atoms with van der Waals surface area (Å²) >= 11 is 6.41. The SMILES string of the molecule is CC(=O)N[C@H]1CC[C@H](Nc2ncc(Cl)c(C3=CCCN(C(=O)OC(C)(C)C)C3)n2)CC1. The van der Waals surface area contributed by atoms with E-state index in [1.54, 1.807) is 18.0 Å². The van der Waals surface area contributed by atoms with Crippen LogP contribution in [0.2, 0.25) is 5.02 Å². The number of hydrogen-bond donors (Lipinski definition) is 2. The van der Waals surface area contributed by atoms with E-state index in [9.17, 15) is 9.59 Å². The normalized spacial score (nSPS) is 21.8. The van der Waals surface area contributed by atoms with E-state index in [4.69, 9.17) is 16.3 Å². The van der Waals surface area contributed by atoms with Gasteiger partial charge in [0.25, 0.3) is 0 Å². The maximum absolute atomic E-state index is 12.5. The lowest BCUT2D eigenvalue weighted by atomic mass is 9.91. The lowest BCUT2D eigenvalue weighted by molar-refractivity contribution is -0.119. The van der Waals surface area contributed by atoms with Gasteiger partial charge in [-0.3, -0.25) is 4.79 Å². The summed E-state index contributed by atoms with van der Waals surface area (Å²) in [5.74, 6) is 0.543. The second kappa shape index (κ2) is 9.85. The molecule has 1 saturated carbocycles. The van der Waals surface area contributed by atoms with Crippen molar-refractivity contribution in [3.05, 3.63) is 23.0 Å². The van der Waals surface area contributed by atoms with Gasteiger partial charge in [-0.1, -0.05) is 17.7 Å². The number of hydrogen-bond acceptors (Lipinski definition) is 6. The van der Waals surface area contributed by atoms with Gasteiger partial charge in [-0.05, 0) is 58.4 Å². The Balaban J connectivity index is 1.64. The Kier molecular flexibility index (Phi) is 7.41. The molecule has 0 saturated heterocycles. The standard InChI is InChI=1S/C22H32ClN5O3/c1-14(29)25-16-7-9-17(10-8-16)26-20-24-12-18(23)19(27-20)15-6-5-11-28(13-15)21(30)31-22(2,3)4/h6,12,16-17H,5,7-11,13H2,1-4H3,(H,25,29)(H,24,26,27)/t16-,17-. The molecule has 0 unspecified atom stereocenters. The van der Waals surface area contributed by atoms with Crippen LogP contribution in [0.3, 0.4) is 0 Å². The number of halogens is 1. The molecule has 170 valence electrons. The van der Waals surface area contributed by atoms with E-state index in [-0.39, 0.29) is 24.1 Å². The van der Waals surface area contributed by atoms with E-state index in [1.165, 1.54) is 0 Å². The van der Waals surface area contributed by atoms with E-state index in [0.29, 0.717) is 36.2 Å². The van der Waals surface area contributed by atoms with E-state index in [2.05, 4.69) is 26.7 Å².